The van der Waals surface area contributed by atoms with Crippen molar-refractivity contribution in [2.45, 2.75) is 13.3 Å². The zero-order chi connectivity index (χ0) is 17.8. The summed E-state index contributed by atoms with van der Waals surface area (Å²) < 4.78 is 18.8. The van der Waals surface area contributed by atoms with E-state index in [9.17, 15) is 9.18 Å². The largest absolute Gasteiger partial charge is 0.455 e. The number of nitrogens with zero attached hydrogens (tertiary/aromatic N) is 3. The summed E-state index contributed by atoms with van der Waals surface area (Å²) in [5.41, 5.74) is 1.44. The third kappa shape index (κ3) is 4.58. The highest BCUT2D eigenvalue weighted by molar-refractivity contribution is 6.30. The molecule has 3 aromatic heterocycles. The fraction of sp³-hybridized carbons (Fsp3) is 0.111. The summed E-state index contributed by atoms with van der Waals surface area (Å²) in [6, 6.07) is 7.73. The predicted octanol–water partition coefficient (Wildman–Crippen LogP) is 4.19. The summed E-state index contributed by atoms with van der Waals surface area (Å²) in [6.45, 7) is 1.74. The first-order valence-corrected chi connectivity index (χ1v) is 7.78. The molecule has 0 fully saturated rings. The number of carbonyl (C=O) groups excluding carboxylic acids is 1. The number of pyridine rings is 3. The number of Topliss-reactive ketones (excluding diaryl/α,β-unsaturated/α-hetero) is 1. The van der Waals surface area contributed by atoms with Gasteiger partial charge in [-0.15, -0.1) is 0 Å². The smallest absolute Gasteiger partial charge is 0.187 e. The van der Waals surface area contributed by atoms with Gasteiger partial charge in [0.15, 0.2) is 5.78 Å². The van der Waals surface area contributed by atoms with Gasteiger partial charge in [0.05, 0.1) is 23.8 Å². The van der Waals surface area contributed by atoms with E-state index in [0.29, 0.717) is 22.2 Å². The van der Waals surface area contributed by atoms with Crippen LogP contribution in [0.25, 0.3) is 0 Å². The van der Waals surface area contributed by atoms with Crippen molar-refractivity contribution in [1.82, 2.24) is 15.0 Å². The maximum atomic E-state index is 13.2. The fourth-order valence-corrected chi connectivity index (χ4v) is 2.30. The number of aromatic nitrogens is 3. The lowest BCUT2D eigenvalue weighted by Gasteiger charge is -2.08. The SMILES string of the molecule is Cc1cc(Oc2cncc(F)c2)cc(C(=O)Cc2ccc(Cl)cn2)n1. The molecule has 0 N–H and O–H groups in total. The van der Waals surface area contributed by atoms with Crippen LogP contribution in [0, 0.1) is 12.7 Å². The van der Waals surface area contributed by atoms with Gasteiger partial charge in [0.2, 0.25) is 0 Å². The normalized spacial score (nSPS) is 10.5. The summed E-state index contributed by atoms with van der Waals surface area (Å²) in [6.07, 6.45) is 4.05. The monoisotopic (exact) mass is 357 g/mol. The van der Waals surface area contributed by atoms with Gasteiger partial charge in [-0.2, -0.15) is 0 Å². The molecule has 0 aromatic carbocycles. The molecule has 7 heteroatoms. The summed E-state index contributed by atoms with van der Waals surface area (Å²) in [5.74, 6) is -0.0928. The quantitative estimate of drug-likeness (QED) is 0.640. The van der Waals surface area contributed by atoms with Crippen LogP contribution in [0.1, 0.15) is 21.9 Å². The first-order chi connectivity index (χ1) is 12.0. The topological polar surface area (TPSA) is 65.0 Å². The minimum absolute atomic E-state index is 0.0918. The molecule has 0 saturated heterocycles. The number of rotatable bonds is 5. The number of carbonyl (C=O) groups is 1. The van der Waals surface area contributed by atoms with Crippen molar-refractivity contribution in [3.05, 3.63) is 76.8 Å². The third-order valence-corrected chi connectivity index (χ3v) is 3.48. The van der Waals surface area contributed by atoms with Gasteiger partial charge < -0.3 is 4.74 Å². The molecule has 0 radical (unpaired) electrons. The Labute approximate surface area is 148 Å². The molecular formula is C18H13ClFN3O2. The van der Waals surface area contributed by atoms with Crippen molar-refractivity contribution in [3.8, 4) is 11.5 Å². The van der Waals surface area contributed by atoms with Gasteiger partial charge in [-0.1, -0.05) is 11.6 Å². The molecular weight excluding hydrogens is 345 g/mol. The lowest BCUT2D eigenvalue weighted by Crippen LogP contribution is -2.08. The average molecular weight is 358 g/mol. The van der Waals surface area contributed by atoms with E-state index >= 15 is 0 Å². The van der Waals surface area contributed by atoms with Gasteiger partial charge in [-0.3, -0.25) is 14.8 Å². The molecule has 0 aliphatic carbocycles. The molecule has 0 unspecified atom stereocenters. The van der Waals surface area contributed by atoms with E-state index in [4.69, 9.17) is 16.3 Å². The highest BCUT2D eigenvalue weighted by Gasteiger charge is 2.13. The lowest BCUT2D eigenvalue weighted by molar-refractivity contribution is 0.0986. The van der Waals surface area contributed by atoms with Gasteiger partial charge in [0.25, 0.3) is 0 Å². The van der Waals surface area contributed by atoms with Crippen molar-refractivity contribution < 1.29 is 13.9 Å². The maximum Gasteiger partial charge on any atom is 0.187 e. The van der Waals surface area contributed by atoms with Gasteiger partial charge >= 0.3 is 0 Å². The number of ketones is 1. The van der Waals surface area contributed by atoms with Crippen LogP contribution in [0.2, 0.25) is 5.02 Å². The summed E-state index contributed by atoms with van der Waals surface area (Å²) in [7, 11) is 0. The van der Waals surface area contributed by atoms with Crippen molar-refractivity contribution in [3.63, 3.8) is 0 Å². The van der Waals surface area contributed by atoms with Crippen LogP contribution in [0.5, 0.6) is 11.5 Å². The van der Waals surface area contributed by atoms with Crippen molar-refractivity contribution in [1.29, 1.82) is 0 Å². The van der Waals surface area contributed by atoms with Crippen LogP contribution < -0.4 is 4.74 Å². The van der Waals surface area contributed by atoms with Crippen LogP contribution in [-0.2, 0) is 6.42 Å². The molecule has 5 nitrogen and oxygen atoms in total. The first-order valence-electron chi connectivity index (χ1n) is 7.40. The number of hydrogen-bond acceptors (Lipinski definition) is 5. The molecule has 0 atom stereocenters. The highest BCUT2D eigenvalue weighted by Crippen LogP contribution is 2.23. The number of halogens is 2. The Hall–Kier alpha value is -2.86. The van der Waals surface area contributed by atoms with Crippen LogP contribution in [-0.4, -0.2) is 20.7 Å². The van der Waals surface area contributed by atoms with E-state index in [1.165, 1.54) is 24.5 Å². The minimum Gasteiger partial charge on any atom is -0.455 e. The Morgan fingerprint density at radius 2 is 2.00 bits per heavy atom. The molecule has 0 amide bonds. The van der Waals surface area contributed by atoms with Crippen molar-refractivity contribution in [2.24, 2.45) is 0 Å². The average Bonchev–Trinajstić information content (AvgIpc) is 2.56. The van der Waals surface area contributed by atoms with E-state index in [0.717, 1.165) is 6.20 Å². The predicted molar refractivity (Wildman–Crippen MR) is 90.5 cm³/mol. The fourth-order valence-electron chi connectivity index (χ4n) is 2.19. The van der Waals surface area contributed by atoms with Crippen LogP contribution in [0.15, 0.2) is 48.9 Å². The number of aryl methyl sites for hydroxylation is 1. The summed E-state index contributed by atoms with van der Waals surface area (Å²) in [4.78, 5) is 24.5. The van der Waals surface area contributed by atoms with E-state index in [1.54, 1.807) is 25.1 Å². The highest BCUT2D eigenvalue weighted by atomic mass is 35.5. The second-order valence-electron chi connectivity index (χ2n) is 5.34. The van der Waals surface area contributed by atoms with Crippen LogP contribution >= 0.6 is 11.6 Å². The van der Waals surface area contributed by atoms with E-state index in [1.807, 2.05) is 0 Å². The summed E-state index contributed by atoms with van der Waals surface area (Å²) >= 11 is 5.79. The zero-order valence-corrected chi connectivity index (χ0v) is 14.0. The van der Waals surface area contributed by atoms with Crippen LogP contribution in [0.3, 0.4) is 0 Å². The molecule has 3 aromatic rings. The number of ether oxygens (including phenoxy) is 1. The Bertz CT molecular complexity index is 916. The van der Waals surface area contributed by atoms with Crippen molar-refractivity contribution in [2.75, 3.05) is 0 Å². The molecule has 3 rings (SSSR count). The second-order valence-corrected chi connectivity index (χ2v) is 5.77. The maximum absolute atomic E-state index is 13.2. The zero-order valence-electron chi connectivity index (χ0n) is 13.2. The first kappa shape index (κ1) is 17.0. The molecule has 126 valence electrons. The third-order valence-electron chi connectivity index (χ3n) is 3.26. The molecule has 0 saturated carbocycles. The Balaban J connectivity index is 1.80. The summed E-state index contributed by atoms with van der Waals surface area (Å²) in [5, 5.41) is 0.504. The molecule has 0 bridgehead atoms. The number of hydrogen-bond donors (Lipinski definition) is 0. The van der Waals surface area contributed by atoms with Gasteiger partial charge in [0.1, 0.15) is 23.0 Å². The van der Waals surface area contributed by atoms with E-state index in [-0.39, 0.29) is 23.6 Å². The van der Waals surface area contributed by atoms with Gasteiger partial charge in [-0.05, 0) is 19.1 Å². The van der Waals surface area contributed by atoms with E-state index in [2.05, 4.69) is 15.0 Å². The Morgan fingerprint density at radius 1 is 1.16 bits per heavy atom. The van der Waals surface area contributed by atoms with Crippen molar-refractivity contribution >= 4 is 17.4 Å². The standard InChI is InChI=1S/C18H13ClFN3O2/c1-11-4-15(25-16-5-13(20)9-21-10-16)7-17(23-11)18(24)6-14-3-2-12(19)8-22-14/h2-5,7-10H,6H2,1H3. The Morgan fingerprint density at radius 3 is 2.72 bits per heavy atom. The molecule has 0 spiro atoms. The van der Waals surface area contributed by atoms with Gasteiger partial charge in [0, 0.05) is 35.8 Å². The molecule has 0 aliphatic heterocycles. The Kier molecular flexibility index (Phi) is 5.00. The molecule has 25 heavy (non-hydrogen) atoms. The van der Waals surface area contributed by atoms with Gasteiger partial charge in [-0.25, -0.2) is 9.37 Å². The van der Waals surface area contributed by atoms with Crippen LogP contribution in [0.4, 0.5) is 4.39 Å². The molecule has 3 heterocycles. The van der Waals surface area contributed by atoms with E-state index < -0.39 is 5.82 Å². The minimum atomic E-state index is -0.506. The second kappa shape index (κ2) is 7.36. The molecule has 0 aliphatic rings. The lowest BCUT2D eigenvalue weighted by atomic mass is 10.1.